The third kappa shape index (κ3) is 2.58. The van der Waals surface area contributed by atoms with E-state index in [0.29, 0.717) is 11.4 Å². The van der Waals surface area contributed by atoms with Gasteiger partial charge in [-0.3, -0.25) is 14.8 Å². The summed E-state index contributed by atoms with van der Waals surface area (Å²) in [5.74, 6) is -1.33. The molecule has 2 N–H and O–H groups in total. The number of nitro benzene ring substituents is 1. The van der Waals surface area contributed by atoms with Crippen LogP contribution in [0.25, 0.3) is 0 Å². The van der Waals surface area contributed by atoms with Gasteiger partial charge >= 0.3 is 5.97 Å². The summed E-state index contributed by atoms with van der Waals surface area (Å²) in [6.07, 6.45) is 1.73. The van der Waals surface area contributed by atoms with Gasteiger partial charge in [0.2, 0.25) is 0 Å². The van der Waals surface area contributed by atoms with E-state index in [1.807, 2.05) is 0 Å². The van der Waals surface area contributed by atoms with Crippen LogP contribution in [-0.2, 0) is 7.05 Å². The van der Waals surface area contributed by atoms with Crippen LogP contribution in [0.4, 0.5) is 17.1 Å². The van der Waals surface area contributed by atoms with Crippen molar-refractivity contribution in [1.29, 1.82) is 0 Å². The van der Waals surface area contributed by atoms with Crippen molar-refractivity contribution in [1.82, 2.24) is 9.78 Å². The van der Waals surface area contributed by atoms with Gasteiger partial charge in [-0.1, -0.05) is 0 Å². The fourth-order valence-corrected chi connectivity index (χ4v) is 1.82. The summed E-state index contributed by atoms with van der Waals surface area (Å²) in [5, 5.41) is 26.9. The first-order valence-electron chi connectivity index (χ1n) is 5.67. The summed E-state index contributed by atoms with van der Waals surface area (Å²) in [4.78, 5) is 21.1. The second-order valence-corrected chi connectivity index (χ2v) is 4.22. The van der Waals surface area contributed by atoms with E-state index in [1.165, 1.54) is 18.2 Å². The van der Waals surface area contributed by atoms with Gasteiger partial charge in [-0.15, -0.1) is 0 Å². The lowest BCUT2D eigenvalue weighted by molar-refractivity contribution is -0.385. The second kappa shape index (κ2) is 5.00. The normalized spacial score (nSPS) is 10.3. The van der Waals surface area contributed by atoms with Crippen molar-refractivity contribution < 1.29 is 14.8 Å². The van der Waals surface area contributed by atoms with Crippen molar-refractivity contribution in [3.8, 4) is 0 Å². The van der Waals surface area contributed by atoms with Crippen molar-refractivity contribution in [2.45, 2.75) is 6.92 Å². The van der Waals surface area contributed by atoms with Crippen molar-refractivity contribution in [2.24, 2.45) is 7.05 Å². The van der Waals surface area contributed by atoms with Gasteiger partial charge in [-0.25, -0.2) is 4.79 Å². The molecule has 1 heterocycles. The SMILES string of the molecule is Cc1nn(C)cc1Nc1ccc(C(=O)O)c([N+](=O)[O-])c1. The number of nitrogens with zero attached hydrogens (tertiary/aromatic N) is 3. The molecule has 1 aromatic carbocycles. The Hall–Kier alpha value is -2.90. The van der Waals surface area contributed by atoms with Crippen molar-refractivity contribution in [3.05, 3.63) is 45.8 Å². The molecule has 2 aromatic rings. The molecule has 0 amide bonds. The van der Waals surface area contributed by atoms with Crippen LogP contribution in [0.2, 0.25) is 0 Å². The molecule has 0 unspecified atom stereocenters. The van der Waals surface area contributed by atoms with Crippen molar-refractivity contribution in [3.63, 3.8) is 0 Å². The van der Waals surface area contributed by atoms with Crippen LogP contribution in [-0.4, -0.2) is 25.8 Å². The Morgan fingerprint density at radius 1 is 1.50 bits per heavy atom. The number of aromatic carboxylic acids is 1. The summed E-state index contributed by atoms with van der Waals surface area (Å²) >= 11 is 0. The lowest BCUT2D eigenvalue weighted by Gasteiger charge is -2.05. The zero-order valence-corrected chi connectivity index (χ0v) is 10.8. The first-order chi connectivity index (χ1) is 9.38. The third-order valence-electron chi connectivity index (χ3n) is 2.72. The van der Waals surface area contributed by atoms with E-state index in [0.717, 1.165) is 5.69 Å². The molecule has 0 saturated carbocycles. The van der Waals surface area contributed by atoms with E-state index >= 15 is 0 Å². The molecule has 20 heavy (non-hydrogen) atoms. The number of hydrogen-bond donors (Lipinski definition) is 2. The average Bonchev–Trinajstić information content (AvgIpc) is 2.67. The molecule has 0 saturated heterocycles. The van der Waals surface area contributed by atoms with Gasteiger partial charge in [0.15, 0.2) is 0 Å². The number of carboxylic acid groups (broad SMARTS) is 1. The maximum Gasteiger partial charge on any atom is 0.342 e. The highest BCUT2D eigenvalue weighted by molar-refractivity contribution is 5.93. The van der Waals surface area contributed by atoms with Crippen LogP contribution in [0.3, 0.4) is 0 Å². The van der Waals surface area contributed by atoms with Gasteiger partial charge in [0.05, 0.1) is 16.3 Å². The fourth-order valence-electron chi connectivity index (χ4n) is 1.82. The molecule has 8 heteroatoms. The first kappa shape index (κ1) is 13.5. The number of nitrogens with one attached hydrogen (secondary N) is 1. The highest BCUT2D eigenvalue weighted by Gasteiger charge is 2.20. The lowest BCUT2D eigenvalue weighted by atomic mass is 10.1. The number of carboxylic acids is 1. The largest absolute Gasteiger partial charge is 0.477 e. The van der Waals surface area contributed by atoms with E-state index in [-0.39, 0.29) is 5.56 Å². The molecule has 0 atom stereocenters. The van der Waals surface area contributed by atoms with Crippen molar-refractivity contribution in [2.75, 3.05) is 5.32 Å². The molecule has 2 rings (SSSR count). The average molecular weight is 276 g/mol. The summed E-state index contributed by atoms with van der Waals surface area (Å²) in [7, 11) is 1.76. The molecule has 8 nitrogen and oxygen atoms in total. The van der Waals surface area contributed by atoms with Crippen LogP contribution in [0.15, 0.2) is 24.4 Å². The van der Waals surface area contributed by atoms with E-state index in [2.05, 4.69) is 10.4 Å². The van der Waals surface area contributed by atoms with Crippen LogP contribution >= 0.6 is 0 Å². The summed E-state index contributed by atoms with van der Waals surface area (Å²) in [6.45, 7) is 1.79. The van der Waals surface area contributed by atoms with Gasteiger partial charge in [0.25, 0.3) is 5.69 Å². The van der Waals surface area contributed by atoms with Gasteiger partial charge in [0, 0.05) is 25.0 Å². The van der Waals surface area contributed by atoms with Crippen molar-refractivity contribution >= 4 is 23.0 Å². The quantitative estimate of drug-likeness (QED) is 0.653. The minimum Gasteiger partial charge on any atom is -0.477 e. The molecule has 0 fully saturated rings. The number of nitro groups is 1. The Bertz CT molecular complexity index is 693. The lowest BCUT2D eigenvalue weighted by Crippen LogP contribution is -2.03. The van der Waals surface area contributed by atoms with Crippen LogP contribution in [0.1, 0.15) is 16.1 Å². The molecule has 0 aliphatic carbocycles. The number of hydrogen-bond acceptors (Lipinski definition) is 5. The minimum atomic E-state index is -1.33. The van der Waals surface area contributed by atoms with Crippen LogP contribution < -0.4 is 5.32 Å². The summed E-state index contributed by atoms with van der Waals surface area (Å²) < 4.78 is 1.61. The van der Waals surface area contributed by atoms with E-state index < -0.39 is 16.6 Å². The van der Waals surface area contributed by atoms with Crippen LogP contribution in [0.5, 0.6) is 0 Å². The Labute approximate surface area is 113 Å². The Morgan fingerprint density at radius 3 is 2.70 bits per heavy atom. The van der Waals surface area contributed by atoms with Crippen LogP contribution in [0, 0.1) is 17.0 Å². The highest BCUT2D eigenvalue weighted by atomic mass is 16.6. The fraction of sp³-hybridized carbons (Fsp3) is 0.167. The van der Waals surface area contributed by atoms with Gasteiger partial charge in [-0.2, -0.15) is 5.10 Å². The molecule has 0 aliphatic rings. The maximum absolute atomic E-state index is 10.9. The monoisotopic (exact) mass is 276 g/mol. The Morgan fingerprint density at radius 2 is 2.20 bits per heavy atom. The Kier molecular flexibility index (Phi) is 3.38. The topological polar surface area (TPSA) is 110 Å². The van der Waals surface area contributed by atoms with E-state index in [9.17, 15) is 14.9 Å². The molecular formula is C12H12N4O4. The maximum atomic E-state index is 10.9. The molecule has 0 bridgehead atoms. The second-order valence-electron chi connectivity index (χ2n) is 4.22. The van der Waals surface area contributed by atoms with Gasteiger partial charge in [-0.05, 0) is 19.1 Å². The number of rotatable bonds is 4. The number of benzene rings is 1. The molecule has 0 aliphatic heterocycles. The summed E-state index contributed by atoms with van der Waals surface area (Å²) in [6, 6.07) is 3.87. The molecule has 0 radical (unpaired) electrons. The highest BCUT2D eigenvalue weighted by Crippen LogP contribution is 2.26. The standard InChI is InChI=1S/C12H12N4O4/c1-7-10(6-15(2)14-7)13-8-3-4-9(12(17)18)11(5-8)16(19)20/h3-6,13H,1-2H3,(H,17,18). The number of aromatic nitrogens is 2. The molecule has 104 valence electrons. The molecule has 1 aromatic heterocycles. The smallest absolute Gasteiger partial charge is 0.342 e. The summed E-state index contributed by atoms with van der Waals surface area (Å²) in [5.41, 5.74) is 1.06. The number of carbonyl (C=O) groups is 1. The zero-order chi connectivity index (χ0) is 14.9. The molecular weight excluding hydrogens is 264 g/mol. The van der Waals surface area contributed by atoms with Gasteiger partial charge in [0.1, 0.15) is 5.56 Å². The number of aryl methyl sites for hydroxylation is 2. The van der Waals surface area contributed by atoms with Gasteiger partial charge < -0.3 is 10.4 Å². The number of anilines is 2. The predicted octanol–water partition coefficient (Wildman–Crippen LogP) is 2.08. The zero-order valence-electron chi connectivity index (χ0n) is 10.8. The predicted molar refractivity (Wildman–Crippen MR) is 71.3 cm³/mol. The Balaban J connectivity index is 2.39. The molecule has 0 spiro atoms. The first-order valence-corrected chi connectivity index (χ1v) is 5.67. The minimum absolute atomic E-state index is 0.344. The third-order valence-corrected chi connectivity index (χ3v) is 2.72. The van der Waals surface area contributed by atoms with E-state index in [1.54, 1.807) is 24.9 Å². The van der Waals surface area contributed by atoms with E-state index in [4.69, 9.17) is 5.11 Å².